The van der Waals surface area contributed by atoms with Gasteiger partial charge < -0.3 is 19.7 Å². The molecular formula is C20H41IN4O2. The monoisotopic (exact) mass is 496 g/mol. The zero-order valence-corrected chi connectivity index (χ0v) is 20.3. The summed E-state index contributed by atoms with van der Waals surface area (Å²) in [7, 11) is 3.60. The lowest BCUT2D eigenvalue weighted by molar-refractivity contribution is 0.0535. The fourth-order valence-corrected chi connectivity index (χ4v) is 4.03. The molecule has 0 aliphatic carbocycles. The van der Waals surface area contributed by atoms with Gasteiger partial charge in [0.15, 0.2) is 5.96 Å². The molecule has 2 fully saturated rings. The lowest BCUT2D eigenvalue weighted by Gasteiger charge is -2.43. The second-order valence-electron chi connectivity index (χ2n) is 8.58. The number of nitrogens with one attached hydrogen (secondary N) is 1. The lowest BCUT2D eigenvalue weighted by Crippen LogP contribution is -2.56. The largest absolute Gasteiger partial charge is 0.382 e. The molecule has 0 aromatic carbocycles. The predicted octanol–water partition coefficient (Wildman–Crippen LogP) is 2.68. The standard InChI is InChI=1S/C20H40N4O2.HI/c1-17-7-6-9-24(13-17)20(2,3)16-22-19(21-4)23-10-8-18(14-23)15-26-12-11-25-5;/h17-18H,6-16H2,1-5H3,(H,21,22);1H. The molecule has 1 N–H and O–H groups in total. The van der Waals surface area contributed by atoms with Crippen molar-refractivity contribution in [2.75, 3.05) is 66.7 Å². The third-order valence-electron chi connectivity index (χ3n) is 5.77. The van der Waals surface area contributed by atoms with Gasteiger partial charge in [-0.05, 0) is 45.6 Å². The van der Waals surface area contributed by atoms with Crippen LogP contribution in [0.1, 0.15) is 40.0 Å². The minimum Gasteiger partial charge on any atom is -0.382 e. The number of hydrogen-bond donors (Lipinski definition) is 1. The van der Waals surface area contributed by atoms with Crippen LogP contribution in [0.5, 0.6) is 0 Å². The van der Waals surface area contributed by atoms with Crippen molar-refractivity contribution in [1.82, 2.24) is 15.1 Å². The number of hydrogen-bond acceptors (Lipinski definition) is 4. The topological polar surface area (TPSA) is 49.3 Å². The van der Waals surface area contributed by atoms with Crippen LogP contribution in [0.15, 0.2) is 4.99 Å². The van der Waals surface area contributed by atoms with E-state index in [2.05, 4.69) is 40.9 Å². The van der Waals surface area contributed by atoms with Crippen molar-refractivity contribution in [2.45, 2.75) is 45.6 Å². The number of rotatable bonds is 8. The molecule has 0 spiro atoms. The summed E-state index contributed by atoms with van der Waals surface area (Å²) in [5.41, 5.74) is 0.146. The Hall–Kier alpha value is -0.120. The number of halogens is 1. The van der Waals surface area contributed by atoms with Crippen molar-refractivity contribution in [3.8, 4) is 0 Å². The Labute approximate surface area is 183 Å². The van der Waals surface area contributed by atoms with Gasteiger partial charge in [-0.3, -0.25) is 9.89 Å². The molecule has 2 unspecified atom stereocenters. The van der Waals surface area contributed by atoms with Crippen molar-refractivity contribution in [1.29, 1.82) is 0 Å². The van der Waals surface area contributed by atoms with E-state index in [0.29, 0.717) is 19.1 Å². The van der Waals surface area contributed by atoms with Crippen molar-refractivity contribution >= 4 is 29.9 Å². The first-order chi connectivity index (χ1) is 12.5. The van der Waals surface area contributed by atoms with E-state index >= 15 is 0 Å². The highest BCUT2D eigenvalue weighted by molar-refractivity contribution is 14.0. The summed E-state index contributed by atoms with van der Waals surface area (Å²) >= 11 is 0. The quantitative estimate of drug-likeness (QED) is 0.243. The Morgan fingerprint density at radius 3 is 2.63 bits per heavy atom. The van der Waals surface area contributed by atoms with Crippen molar-refractivity contribution in [2.24, 2.45) is 16.8 Å². The Morgan fingerprint density at radius 1 is 1.19 bits per heavy atom. The summed E-state index contributed by atoms with van der Waals surface area (Å²) in [6.07, 6.45) is 3.85. The summed E-state index contributed by atoms with van der Waals surface area (Å²) in [4.78, 5) is 9.54. The van der Waals surface area contributed by atoms with E-state index in [1.807, 2.05) is 7.05 Å². The first kappa shape index (κ1) is 24.9. The predicted molar refractivity (Wildman–Crippen MR) is 123 cm³/mol. The molecular weight excluding hydrogens is 455 g/mol. The molecule has 0 radical (unpaired) electrons. The zero-order chi connectivity index (χ0) is 19.0. The normalized spacial score (nSPS) is 24.8. The Kier molecular flexibility index (Phi) is 11.5. The molecule has 2 heterocycles. The summed E-state index contributed by atoms with van der Waals surface area (Å²) in [5.74, 6) is 2.42. The van der Waals surface area contributed by atoms with Gasteiger partial charge in [-0.25, -0.2) is 0 Å². The minimum atomic E-state index is 0. The molecule has 160 valence electrons. The zero-order valence-electron chi connectivity index (χ0n) is 18.0. The van der Waals surface area contributed by atoms with Crippen LogP contribution in [0.25, 0.3) is 0 Å². The molecule has 0 amide bonds. The number of ether oxygens (including phenoxy) is 2. The van der Waals surface area contributed by atoms with Gasteiger partial charge in [-0.2, -0.15) is 0 Å². The molecule has 6 nitrogen and oxygen atoms in total. The average molecular weight is 496 g/mol. The minimum absolute atomic E-state index is 0. The number of nitrogens with zero attached hydrogens (tertiary/aromatic N) is 3. The SMILES string of the molecule is CN=C(NCC(C)(C)N1CCCC(C)C1)N1CCC(COCCOC)C1.I. The number of guanidine groups is 1. The van der Waals surface area contributed by atoms with Gasteiger partial charge in [0.25, 0.3) is 0 Å². The number of likely N-dealkylation sites (tertiary alicyclic amines) is 2. The Balaban J connectivity index is 0.00000364. The van der Waals surface area contributed by atoms with Crippen LogP contribution >= 0.6 is 24.0 Å². The Morgan fingerprint density at radius 2 is 1.96 bits per heavy atom. The maximum Gasteiger partial charge on any atom is 0.193 e. The van der Waals surface area contributed by atoms with Gasteiger partial charge in [0.2, 0.25) is 0 Å². The fourth-order valence-electron chi connectivity index (χ4n) is 4.03. The van der Waals surface area contributed by atoms with Gasteiger partial charge in [-0.15, -0.1) is 24.0 Å². The van der Waals surface area contributed by atoms with Gasteiger partial charge >= 0.3 is 0 Å². The molecule has 2 saturated heterocycles. The van der Waals surface area contributed by atoms with Crippen molar-refractivity contribution in [3.63, 3.8) is 0 Å². The molecule has 2 rings (SSSR count). The second-order valence-corrected chi connectivity index (χ2v) is 8.58. The third-order valence-corrected chi connectivity index (χ3v) is 5.77. The smallest absolute Gasteiger partial charge is 0.193 e. The summed E-state index contributed by atoms with van der Waals surface area (Å²) in [5, 5.41) is 3.63. The highest BCUT2D eigenvalue weighted by Crippen LogP contribution is 2.23. The van der Waals surface area contributed by atoms with E-state index in [-0.39, 0.29) is 29.5 Å². The van der Waals surface area contributed by atoms with Gasteiger partial charge in [-0.1, -0.05) is 6.92 Å². The Bertz CT molecular complexity index is 448. The molecule has 2 aliphatic heterocycles. The number of aliphatic imine (C=N–C) groups is 1. The van der Waals surface area contributed by atoms with Crippen molar-refractivity contribution < 1.29 is 9.47 Å². The second kappa shape index (κ2) is 12.4. The summed E-state index contributed by atoms with van der Waals surface area (Å²) < 4.78 is 10.7. The molecule has 2 aliphatic rings. The highest BCUT2D eigenvalue weighted by atomic mass is 127. The molecule has 7 heteroatoms. The van der Waals surface area contributed by atoms with Crippen LogP contribution < -0.4 is 5.32 Å². The maximum absolute atomic E-state index is 5.70. The van der Waals surface area contributed by atoms with Crippen LogP contribution in [-0.2, 0) is 9.47 Å². The summed E-state index contributed by atoms with van der Waals surface area (Å²) in [6, 6.07) is 0. The van der Waals surface area contributed by atoms with Crippen LogP contribution in [0.2, 0.25) is 0 Å². The van der Waals surface area contributed by atoms with E-state index < -0.39 is 0 Å². The van der Waals surface area contributed by atoms with E-state index in [0.717, 1.165) is 38.1 Å². The van der Waals surface area contributed by atoms with Crippen molar-refractivity contribution in [3.05, 3.63) is 0 Å². The van der Waals surface area contributed by atoms with E-state index in [4.69, 9.17) is 9.47 Å². The number of methoxy groups -OCH3 is 1. The molecule has 27 heavy (non-hydrogen) atoms. The van der Waals surface area contributed by atoms with E-state index in [1.54, 1.807) is 7.11 Å². The van der Waals surface area contributed by atoms with E-state index in [1.165, 1.54) is 32.4 Å². The highest BCUT2D eigenvalue weighted by Gasteiger charge is 2.31. The number of piperidine rings is 1. The van der Waals surface area contributed by atoms with Crippen LogP contribution in [0.3, 0.4) is 0 Å². The average Bonchev–Trinajstić information content (AvgIpc) is 3.08. The molecule has 0 aromatic heterocycles. The summed E-state index contributed by atoms with van der Waals surface area (Å²) in [6.45, 7) is 14.7. The fraction of sp³-hybridized carbons (Fsp3) is 0.950. The van der Waals surface area contributed by atoms with E-state index in [9.17, 15) is 0 Å². The molecule has 0 aromatic rings. The van der Waals surface area contributed by atoms with Gasteiger partial charge in [0, 0.05) is 51.8 Å². The van der Waals surface area contributed by atoms with Gasteiger partial charge in [0.05, 0.1) is 19.8 Å². The maximum atomic E-state index is 5.70. The third kappa shape index (κ3) is 8.03. The van der Waals surface area contributed by atoms with Gasteiger partial charge in [0.1, 0.15) is 0 Å². The molecule has 0 saturated carbocycles. The first-order valence-corrected chi connectivity index (χ1v) is 10.2. The van der Waals surface area contributed by atoms with Crippen LogP contribution in [0, 0.1) is 11.8 Å². The lowest BCUT2D eigenvalue weighted by atomic mass is 9.93. The molecule has 0 bridgehead atoms. The van der Waals surface area contributed by atoms with Crippen LogP contribution in [0.4, 0.5) is 0 Å². The van der Waals surface area contributed by atoms with Crippen LogP contribution in [-0.4, -0.2) is 88.0 Å². The first-order valence-electron chi connectivity index (χ1n) is 10.2. The molecule has 2 atom stereocenters.